The van der Waals surface area contributed by atoms with Crippen LogP contribution in [-0.4, -0.2) is 70.8 Å². The van der Waals surface area contributed by atoms with Gasteiger partial charge in [-0.3, -0.25) is 9.69 Å². The molecule has 0 aliphatic carbocycles. The van der Waals surface area contributed by atoms with E-state index in [0.717, 1.165) is 5.82 Å². The van der Waals surface area contributed by atoms with Crippen molar-refractivity contribution in [3.8, 4) is 0 Å². The smallest absolute Gasteiger partial charge is 0.224 e. The van der Waals surface area contributed by atoms with Crippen molar-refractivity contribution < 1.29 is 13.9 Å². The van der Waals surface area contributed by atoms with Crippen LogP contribution in [0.15, 0.2) is 12.4 Å². The second kappa shape index (κ2) is 7.88. The molecule has 0 saturated carbocycles. The molecule has 3 atom stereocenters. The number of aryl methyl sites for hydroxylation is 1. The lowest BCUT2D eigenvalue weighted by atomic mass is 10.2. The Bertz CT molecular complexity index is 522. The number of hydrogen-bond donors (Lipinski definition) is 0. The Morgan fingerprint density at radius 3 is 2.96 bits per heavy atom. The van der Waals surface area contributed by atoms with Crippen LogP contribution in [0.3, 0.4) is 0 Å². The van der Waals surface area contributed by atoms with Crippen LogP contribution in [-0.2, 0) is 23.1 Å². The van der Waals surface area contributed by atoms with Crippen molar-refractivity contribution in [1.29, 1.82) is 0 Å². The van der Waals surface area contributed by atoms with E-state index >= 15 is 0 Å². The molecule has 1 fully saturated rings. The molecule has 0 spiro atoms. The molecule has 1 aromatic rings. The number of aromatic nitrogens is 2. The lowest BCUT2D eigenvalue weighted by Crippen LogP contribution is -2.41. The number of likely N-dealkylation sites (N-methyl/N-ethyl adjacent to an activating group) is 1. The Morgan fingerprint density at radius 2 is 2.35 bits per heavy atom. The first kappa shape index (κ1) is 17.9. The molecule has 1 aliphatic rings. The highest BCUT2D eigenvalue weighted by molar-refractivity contribution is 5.76. The second-order valence-corrected chi connectivity index (χ2v) is 6.40. The normalized spacial score (nSPS) is 23.2. The lowest BCUT2D eigenvalue weighted by Gasteiger charge is -2.28. The molecule has 0 radical (unpaired) electrons. The van der Waals surface area contributed by atoms with Crippen molar-refractivity contribution in [3.63, 3.8) is 0 Å². The topological polar surface area (TPSA) is 50.6 Å². The number of halogens is 1. The molecule has 1 amide bonds. The maximum atomic E-state index is 13.9. The van der Waals surface area contributed by atoms with E-state index in [1.54, 1.807) is 25.3 Å². The molecule has 23 heavy (non-hydrogen) atoms. The van der Waals surface area contributed by atoms with E-state index in [4.69, 9.17) is 4.74 Å². The average Bonchev–Trinajstić information content (AvgIpc) is 3.05. The van der Waals surface area contributed by atoms with Crippen LogP contribution < -0.4 is 0 Å². The zero-order valence-electron chi connectivity index (χ0n) is 14.4. The van der Waals surface area contributed by atoms with Crippen molar-refractivity contribution in [2.45, 2.75) is 44.6 Å². The molecule has 1 aliphatic heterocycles. The zero-order chi connectivity index (χ0) is 17.0. The lowest BCUT2D eigenvalue weighted by molar-refractivity contribution is -0.132. The number of hydrogen-bond acceptors (Lipinski definition) is 4. The van der Waals surface area contributed by atoms with Gasteiger partial charge in [-0.15, -0.1) is 0 Å². The Hall–Kier alpha value is -1.47. The Labute approximate surface area is 137 Å². The van der Waals surface area contributed by atoms with E-state index in [-0.39, 0.29) is 18.1 Å². The van der Waals surface area contributed by atoms with Gasteiger partial charge in [0.15, 0.2) is 0 Å². The van der Waals surface area contributed by atoms with Gasteiger partial charge in [0.05, 0.1) is 19.1 Å². The molecule has 6 nitrogen and oxygen atoms in total. The first-order valence-electron chi connectivity index (χ1n) is 8.01. The minimum absolute atomic E-state index is 0.0218. The molecule has 0 aromatic carbocycles. The van der Waals surface area contributed by atoms with E-state index in [1.165, 1.54) is 0 Å². The van der Waals surface area contributed by atoms with Gasteiger partial charge in [-0.1, -0.05) is 0 Å². The largest absolute Gasteiger partial charge is 0.381 e. The van der Waals surface area contributed by atoms with E-state index in [1.807, 2.05) is 24.7 Å². The van der Waals surface area contributed by atoms with E-state index in [2.05, 4.69) is 9.88 Å². The summed E-state index contributed by atoms with van der Waals surface area (Å²) in [6.07, 6.45) is 3.48. The number of amides is 1. The molecule has 1 saturated heterocycles. The van der Waals surface area contributed by atoms with Crippen molar-refractivity contribution in [3.05, 3.63) is 18.2 Å². The molecule has 130 valence electrons. The number of ether oxygens (including phenoxy) is 1. The van der Waals surface area contributed by atoms with E-state index < -0.39 is 6.17 Å². The molecule has 1 aromatic heterocycles. The number of likely N-dealkylation sites (tertiary alicyclic amines) is 1. The fourth-order valence-electron chi connectivity index (χ4n) is 2.94. The number of imidazole rings is 1. The van der Waals surface area contributed by atoms with E-state index in [9.17, 15) is 9.18 Å². The molecular formula is C16H27FN4O2. The highest BCUT2D eigenvalue weighted by atomic mass is 19.1. The summed E-state index contributed by atoms with van der Waals surface area (Å²) in [4.78, 5) is 20.2. The average molecular weight is 326 g/mol. The zero-order valence-corrected chi connectivity index (χ0v) is 14.4. The third-order valence-electron chi connectivity index (χ3n) is 4.52. The predicted octanol–water partition coefficient (Wildman–Crippen LogP) is 1.22. The summed E-state index contributed by atoms with van der Waals surface area (Å²) in [6.45, 7) is 3.39. The van der Waals surface area contributed by atoms with Crippen LogP contribution in [0, 0.1) is 0 Å². The molecule has 2 rings (SSSR count). The third kappa shape index (κ3) is 4.75. The van der Waals surface area contributed by atoms with Crippen LogP contribution >= 0.6 is 0 Å². The maximum absolute atomic E-state index is 13.9. The summed E-state index contributed by atoms with van der Waals surface area (Å²) in [5, 5.41) is 0. The number of carbonyl (C=O) groups excluding carboxylic acids is 1. The minimum atomic E-state index is -0.846. The number of nitrogens with zero attached hydrogens (tertiary/aromatic N) is 4. The van der Waals surface area contributed by atoms with Gasteiger partial charge in [-0.25, -0.2) is 9.37 Å². The summed E-state index contributed by atoms with van der Waals surface area (Å²) in [5.74, 6) is 0.935. The van der Waals surface area contributed by atoms with Gasteiger partial charge in [0.1, 0.15) is 12.0 Å². The van der Waals surface area contributed by atoms with Crippen molar-refractivity contribution >= 4 is 5.91 Å². The van der Waals surface area contributed by atoms with Crippen LogP contribution in [0.1, 0.15) is 25.6 Å². The Morgan fingerprint density at radius 1 is 1.61 bits per heavy atom. The third-order valence-corrected chi connectivity index (χ3v) is 4.52. The monoisotopic (exact) mass is 326 g/mol. The first-order chi connectivity index (χ1) is 10.9. The number of methoxy groups -OCH3 is 1. The quantitative estimate of drug-likeness (QED) is 0.756. The van der Waals surface area contributed by atoms with Gasteiger partial charge >= 0.3 is 0 Å². The minimum Gasteiger partial charge on any atom is -0.381 e. The second-order valence-electron chi connectivity index (χ2n) is 6.40. The van der Waals surface area contributed by atoms with E-state index in [0.29, 0.717) is 32.5 Å². The van der Waals surface area contributed by atoms with Gasteiger partial charge in [-0.05, 0) is 13.3 Å². The van der Waals surface area contributed by atoms with Crippen LogP contribution in [0.2, 0.25) is 0 Å². The highest BCUT2D eigenvalue weighted by Gasteiger charge is 2.34. The Kier molecular flexibility index (Phi) is 6.12. The number of carbonyl (C=O) groups is 1. The van der Waals surface area contributed by atoms with Crippen molar-refractivity contribution in [2.24, 2.45) is 7.05 Å². The number of alkyl halides is 1. The summed E-state index contributed by atoms with van der Waals surface area (Å²) in [5.41, 5.74) is 0. The van der Waals surface area contributed by atoms with Crippen molar-refractivity contribution in [2.75, 3.05) is 27.2 Å². The Balaban J connectivity index is 1.94. The van der Waals surface area contributed by atoms with Crippen LogP contribution in [0.4, 0.5) is 4.39 Å². The molecule has 2 heterocycles. The summed E-state index contributed by atoms with van der Waals surface area (Å²) >= 11 is 0. The molecular weight excluding hydrogens is 299 g/mol. The van der Waals surface area contributed by atoms with Crippen LogP contribution in [0.25, 0.3) is 0 Å². The van der Waals surface area contributed by atoms with Crippen LogP contribution in [0.5, 0.6) is 0 Å². The maximum Gasteiger partial charge on any atom is 0.224 e. The summed E-state index contributed by atoms with van der Waals surface area (Å²) in [7, 11) is 5.30. The summed E-state index contributed by atoms with van der Waals surface area (Å²) < 4.78 is 21.0. The standard InChI is InChI=1S/C16H27FN4O2/c1-12(23-4)7-16(22)20(3)10-14-8-13(17)9-21(14)11-15-18-5-6-19(15)2/h5-6,12-14H,7-11H2,1-4H3/t12-,13-,14-/m0/s1. The van der Waals surface area contributed by atoms with Gasteiger partial charge in [0, 0.05) is 52.7 Å². The fraction of sp³-hybridized carbons (Fsp3) is 0.750. The van der Waals surface area contributed by atoms with Gasteiger partial charge < -0.3 is 14.2 Å². The molecule has 0 unspecified atom stereocenters. The first-order valence-corrected chi connectivity index (χ1v) is 8.01. The van der Waals surface area contributed by atoms with Gasteiger partial charge in [-0.2, -0.15) is 0 Å². The fourth-order valence-corrected chi connectivity index (χ4v) is 2.94. The van der Waals surface area contributed by atoms with Gasteiger partial charge in [0.2, 0.25) is 5.91 Å². The highest BCUT2D eigenvalue weighted by Crippen LogP contribution is 2.23. The number of rotatable bonds is 7. The summed E-state index contributed by atoms with van der Waals surface area (Å²) in [6, 6.07) is 0.0218. The molecule has 7 heteroatoms. The predicted molar refractivity (Wildman–Crippen MR) is 85.6 cm³/mol. The molecule has 0 bridgehead atoms. The van der Waals surface area contributed by atoms with Gasteiger partial charge in [0.25, 0.3) is 0 Å². The van der Waals surface area contributed by atoms with Crippen molar-refractivity contribution in [1.82, 2.24) is 19.4 Å². The SMILES string of the molecule is CO[C@@H](C)CC(=O)N(C)C[C@@H]1C[C@H](F)CN1Cc1nccn1C. The molecule has 0 N–H and O–H groups in total.